The van der Waals surface area contributed by atoms with Crippen LogP contribution < -0.4 is 4.72 Å². The summed E-state index contributed by atoms with van der Waals surface area (Å²) in [5, 5.41) is 8.55. The number of diazo groups is 1. The first-order chi connectivity index (χ1) is 9.09. The normalized spacial score (nSPS) is 10.7. The number of hydrogen-bond donors (Lipinski definition) is 1. The molecule has 0 amide bonds. The third-order valence-corrected chi connectivity index (χ3v) is 3.72. The Bertz CT molecular complexity index is 689. The predicted molar refractivity (Wildman–Crippen MR) is 73.9 cm³/mol. The summed E-state index contributed by atoms with van der Waals surface area (Å²) in [6.45, 7) is 0. The van der Waals surface area contributed by atoms with Gasteiger partial charge >= 0.3 is 5.69 Å². The molecule has 0 fully saturated rings. The minimum atomic E-state index is -3.45. The maximum Gasteiger partial charge on any atom is 0.385 e. The van der Waals surface area contributed by atoms with Gasteiger partial charge in [-0.1, -0.05) is 18.2 Å². The summed E-state index contributed by atoms with van der Waals surface area (Å²) in [6.07, 6.45) is 0. The highest BCUT2D eigenvalue weighted by Crippen LogP contribution is 2.16. The number of hydrogen-bond acceptors (Lipinski definition) is 3. The third kappa shape index (κ3) is 3.79. The Hall–Kier alpha value is -2.39. The van der Waals surface area contributed by atoms with Crippen LogP contribution in [-0.4, -0.2) is 8.42 Å². The molecule has 0 spiro atoms. The molecule has 0 saturated heterocycles. The van der Waals surface area contributed by atoms with Crippen LogP contribution in [0.15, 0.2) is 54.6 Å². The summed E-state index contributed by atoms with van der Waals surface area (Å²) in [6, 6.07) is 15.0. The molecule has 2 aromatic carbocycles. The van der Waals surface area contributed by atoms with Crippen molar-refractivity contribution in [1.82, 2.24) is 0 Å². The zero-order chi connectivity index (χ0) is 13.7. The molecule has 0 unspecified atom stereocenters. The lowest BCUT2D eigenvalue weighted by Gasteiger charge is -2.07. The first-order valence-electron chi connectivity index (χ1n) is 5.59. The fraction of sp³-hybridized carbons (Fsp3) is 0.0769. The van der Waals surface area contributed by atoms with Gasteiger partial charge in [-0.25, -0.2) is 8.42 Å². The fourth-order valence-corrected chi connectivity index (χ4v) is 2.80. The molecule has 96 valence electrons. The Morgan fingerprint density at radius 2 is 1.63 bits per heavy atom. The van der Waals surface area contributed by atoms with Crippen LogP contribution in [0, 0.1) is 5.39 Å². The molecule has 0 aromatic heterocycles. The molecule has 0 atom stereocenters. The third-order valence-electron chi connectivity index (χ3n) is 2.46. The summed E-state index contributed by atoms with van der Waals surface area (Å²) in [7, 11) is -3.45. The number of anilines is 1. The summed E-state index contributed by atoms with van der Waals surface area (Å²) < 4.78 is 26.4. The second kappa shape index (κ2) is 5.50. The van der Waals surface area contributed by atoms with Crippen molar-refractivity contribution in [1.29, 1.82) is 5.39 Å². The zero-order valence-corrected chi connectivity index (χ0v) is 10.8. The van der Waals surface area contributed by atoms with Crippen LogP contribution in [0.25, 0.3) is 4.98 Å². The van der Waals surface area contributed by atoms with E-state index in [9.17, 15) is 8.42 Å². The molecule has 1 N–H and O–H groups in total. The number of sulfonamides is 1. The quantitative estimate of drug-likeness (QED) is 0.870. The SMILES string of the molecule is N#[N+]c1ccc(CS(=O)(=O)Nc2ccccc2)cc1. The first-order valence-corrected chi connectivity index (χ1v) is 7.24. The van der Waals surface area contributed by atoms with Gasteiger partial charge in [0.15, 0.2) is 4.98 Å². The Balaban J connectivity index is 2.11. The Morgan fingerprint density at radius 1 is 1.00 bits per heavy atom. The van der Waals surface area contributed by atoms with Crippen molar-refractivity contribution in [3.63, 3.8) is 0 Å². The lowest BCUT2D eigenvalue weighted by atomic mass is 10.2. The van der Waals surface area contributed by atoms with Crippen molar-refractivity contribution in [3.8, 4) is 0 Å². The smallest absolute Gasteiger partial charge is 0.283 e. The maximum atomic E-state index is 11.9. The Labute approximate surface area is 111 Å². The second-order valence-electron chi connectivity index (χ2n) is 3.99. The van der Waals surface area contributed by atoms with Gasteiger partial charge in [-0.15, -0.1) is 0 Å². The van der Waals surface area contributed by atoms with E-state index < -0.39 is 10.0 Å². The van der Waals surface area contributed by atoms with Crippen molar-refractivity contribution in [3.05, 3.63) is 65.1 Å². The van der Waals surface area contributed by atoms with Gasteiger partial charge in [-0.3, -0.25) is 4.72 Å². The van der Waals surface area contributed by atoms with Gasteiger partial charge < -0.3 is 0 Å². The zero-order valence-electron chi connectivity index (χ0n) is 10.0. The maximum absolute atomic E-state index is 11.9. The fourth-order valence-electron chi connectivity index (χ4n) is 1.60. The van der Waals surface area contributed by atoms with Gasteiger partial charge in [0.2, 0.25) is 15.4 Å². The van der Waals surface area contributed by atoms with Gasteiger partial charge in [0.05, 0.1) is 5.75 Å². The summed E-state index contributed by atoms with van der Waals surface area (Å²) >= 11 is 0. The lowest BCUT2D eigenvalue weighted by molar-refractivity contribution is 0.600. The number of rotatable bonds is 4. The molecule has 0 aliphatic rings. The van der Waals surface area contributed by atoms with Gasteiger partial charge in [-0.05, 0) is 29.8 Å². The molecule has 0 radical (unpaired) electrons. The van der Waals surface area contributed by atoms with E-state index in [0.717, 1.165) is 0 Å². The molecule has 0 saturated carbocycles. The minimum absolute atomic E-state index is 0.131. The molecule has 5 nitrogen and oxygen atoms in total. The van der Waals surface area contributed by atoms with Crippen molar-refractivity contribution in [2.75, 3.05) is 4.72 Å². The largest absolute Gasteiger partial charge is 0.385 e. The van der Waals surface area contributed by atoms with Crippen LogP contribution in [0.5, 0.6) is 0 Å². The Kier molecular flexibility index (Phi) is 3.78. The topological polar surface area (TPSA) is 74.3 Å². The molecule has 6 heteroatoms. The van der Waals surface area contributed by atoms with Gasteiger partial charge in [-0.2, -0.15) is 0 Å². The first kappa shape index (κ1) is 13.1. The van der Waals surface area contributed by atoms with E-state index in [0.29, 0.717) is 16.9 Å². The Morgan fingerprint density at radius 3 is 2.21 bits per heavy atom. The van der Waals surface area contributed by atoms with E-state index in [2.05, 4.69) is 9.70 Å². The van der Waals surface area contributed by atoms with Gasteiger partial charge in [0.25, 0.3) is 0 Å². The summed E-state index contributed by atoms with van der Waals surface area (Å²) in [5.41, 5.74) is 1.54. The standard InChI is InChI=1S/C13H12N3O2S/c14-15-12-8-6-11(7-9-12)10-19(17,18)16-13-4-2-1-3-5-13/h1-9,16H,10H2/q+1. The monoisotopic (exact) mass is 274 g/mol. The lowest BCUT2D eigenvalue weighted by Crippen LogP contribution is -2.14. The number of nitrogens with one attached hydrogen (secondary N) is 1. The van der Waals surface area contributed by atoms with Crippen molar-refractivity contribution in [2.45, 2.75) is 5.75 Å². The van der Waals surface area contributed by atoms with Gasteiger partial charge in [0, 0.05) is 17.8 Å². The van der Waals surface area contributed by atoms with Crippen LogP contribution in [0.4, 0.5) is 11.4 Å². The highest BCUT2D eigenvalue weighted by molar-refractivity contribution is 7.91. The molecule has 0 bridgehead atoms. The van der Waals surface area contributed by atoms with E-state index in [1.807, 2.05) is 6.07 Å². The molecule has 0 aliphatic heterocycles. The highest BCUT2D eigenvalue weighted by Gasteiger charge is 2.12. The molecule has 2 rings (SSSR count). The highest BCUT2D eigenvalue weighted by atomic mass is 32.2. The minimum Gasteiger partial charge on any atom is -0.283 e. The number of benzene rings is 2. The van der Waals surface area contributed by atoms with E-state index in [4.69, 9.17) is 5.39 Å². The van der Waals surface area contributed by atoms with Crippen molar-refractivity contribution < 1.29 is 8.42 Å². The molecular weight excluding hydrogens is 262 g/mol. The molecule has 0 heterocycles. The number of nitrogens with zero attached hydrogens (tertiary/aromatic N) is 2. The summed E-state index contributed by atoms with van der Waals surface area (Å²) in [4.78, 5) is 3.01. The molecule has 2 aromatic rings. The van der Waals surface area contributed by atoms with Crippen molar-refractivity contribution >= 4 is 21.4 Å². The van der Waals surface area contributed by atoms with Crippen LogP contribution in [0.2, 0.25) is 0 Å². The average Bonchev–Trinajstić information content (AvgIpc) is 2.39. The number of para-hydroxylation sites is 1. The van der Waals surface area contributed by atoms with E-state index >= 15 is 0 Å². The van der Waals surface area contributed by atoms with Crippen LogP contribution in [0.1, 0.15) is 5.56 Å². The van der Waals surface area contributed by atoms with Gasteiger partial charge in [0.1, 0.15) is 0 Å². The van der Waals surface area contributed by atoms with E-state index in [1.54, 1.807) is 48.5 Å². The molecule has 0 aliphatic carbocycles. The van der Waals surface area contributed by atoms with Crippen molar-refractivity contribution in [2.24, 2.45) is 0 Å². The van der Waals surface area contributed by atoms with E-state index in [-0.39, 0.29) is 5.75 Å². The van der Waals surface area contributed by atoms with Crippen LogP contribution in [-0.2, 0) is 15.8 Å². The van der Waals surface area contributed by atoms with Crippen LogP contribution >= 0.6 is 0 Å². The molecular formula is C13H12N3O2S+. The second-order valence-corrected chi connectivity index (χ2v) is 5.72. The summed E-state index contributed by atoms with van der Waals surface area (Å²) in [5.74, 6) is -0.131. The predicted octanol–water partition coefficient (Wildman–Crippen LogP) is 3.11. The van der Waals surface area contributed by atoms with E-state index in [1.165, 1.54) is 0 Å². The van der Waals surface area contributed by atoms with Crippen LogP contribution in [0.3, 0.4) is 0 Å². The average molecular weight is 274 g/mol. The molecule has 19 heavy (non-hydrogen) atoms.